The Balaban J connectivity index is 1.79. The van der Waals surface area contributed by atoms with Crippen molar-refractivity contribution in [2.24, 2.45) is 0 Å². The molecule has 0 aliphatic rings. The number of nitrogens with zero attached hydrogens (tertiary/aromatic N) is 1. The minimum atomic E-state index is -0.809. The van der Waals surface area contributed by atoms with Gasteiger partial charge in [0.1, 0.15) is 0 Å². The van der Waals surface area contributed by atoms with Crippen LogP contribution in [-0.2, 0) is 9.59 Å². The summed E-state index contributed by atoms with van der Waals surface area (Å²) in [5, 5.41) is 5.37. The Labute approximate surface area is 156 Å². The second-order valence-electron chi connectivity index (χ2n) is 5.52. The van der Waals surface area contributed by atoms with Gasteiger partial charge in [0.05, 0.1) is 11.7 Å². The normalized spacial score (nSPS) is 10.4. The lowest BCUT2D eigenvalue weighted by Gasteiger charge is -2.19. The van der Waals surface area contributed by atoms with E-state index in [2.05, 4.69) is 15.6 Å². The second-order valence-corrected chi connectivity index (χ2v) is 5.88. The van der Waals surface area contributed by atoms with Crippen molar-refractivity contribution in [1.29, 1.82) is 0 Å². The van der Waals surface area contributed by atoms with Crippen molar-refractivity contribution in [3.8, 4) is 0 Å². The first kappa shape index (κ1) is 17.6. The molecule has 6 heteroatoms. The third kappa shape index (κ3) is 4.26. The SMILES string of the molecule is O=C(Nc1cccnc1Cl)C(=O)NC(c1ccccc1)c1ccccc1. The van der Waals surface area contributed by atoms with Crippen molar-refractivity contribution in [3.63, 3.8) is 0 Å². The summed E-state index contributed by atoms with van der Waals surface area (Å²) in [5.74, 6) is -1.57. The number of amides is 2. The van der Waals surface area contributed by atoms with Crippen LogP contribution in [0.15, 0.2) is 79.0 Å². The summed E-state index contributed by atoms with van der Waals surface area (Å²) in [6.07, 6.45) is 1.50. The zero-order valence-corrected chi connectivity index (χ0v) is 14.5. The van der Waals surface area contributed by atoms with Gasteiger partial charge in [-0.3, -0.25) is 9.59 Å². The average Bonchev–Trinajstić information content (AvgIpc) is 2.69. The Kier molecular flexibility index (Phi) is 5.61. The van der Waals surface area contributed by atoms with Gasteiger partial charge in [-0.15, -0.1) is 0 Å². The van der Waals surface area contributed by atoms with Gasteiger partial charge in [0, 0.05) is 6.20 Å². The van der Waals surface area contributed by atoms with Crippen molar-refractivity contribution in [2.75, 3.05) is 5.32 Å². The lowest BCUT2D eigenvalue weighted by Crippen LogP contribution is -2.38. The van der Waals surface area contributed by atoms with E-state index in [9.17, 15) is 9.59 Å². The highest BCUT2D eigenvalue weighted by atomic mass is 35.5. The predicted octanol–water partition coefficient (Wildman–Crippen LogP) is 3.58. The molecule has 2 aromatic carbocycles. The van der Waals surface area contributed by atoms with Gasteiger partial charge in [-0.1, -0.05) is 72.3 Å². The molecule has 3 aromatic rings. The minimum absolute atomic E-state index is 0.122. The Hall–Kier alpha value is -3.18. The molecule has 0 aliphatic heterocycles. The highest BCUT2D eigenvalue weighted by molar-refractivity contribution is 6.41. The molecule has 3 rings (SSSR count). The zero-order chi connectivity index (χ0) is 18.4. The zero-order valence-electron chi connectivity index (χ0n) is 13.7. The number of nitrogens with one attached hydrogen (secondary N) is 2. The quantitative estimate of drug-likeness (QED) is 0.548. The predicted molar refractivity (Wildman–Crippen MR) is 101 cm³/mol. The minimum Gasteiger partial charge on any atom is -0.337 e. The van der Waals surface area contributed by atoms with Gasteiger partial charge < -0.3 is 10.6 Å². The summed E-state index contributed by atoms with van der Waals surface area (Å²) in [4.78, 5) is 28.5. The van der Waals surface area contributed by atoms with E-state index in [0.717, 1.165) is 11.1 Å². The van der Waals surface area contributed by atoms with Crippen molar-refractivity contribution in [1.82, 2.24) is 10.3 Å². The summed E-state index contributed by atoms with van der Waals surface area (Å²) in [7, 11) is 0. The topological polar surface area (TPSA) is 71.1 Å². The smallest absolute Gasteiger partial charge is 0.313 e. The number of pyridine rings is 1. The molecule has 0 bridgehead atoms. The van der Waals surface area contributed by atoms with E-state index >= 15 is 0 Å². The molecule has 0 unspecified atom stereocenters. The number of aromatic nitrogens is 1. The highest BCUT2D eigenvalue weighted by Gasteiger charge is 2.22. The summed E-state index contributed by atoms with van der Waals surface area (Å²) in [6.45, 7) is 0. The van der Waals surface area contributed by atoms with Gasteiger partial charge in [0.2, 0.25) is 0 Å². The lowest BCUT2D eigenvalue weighted by molar-refractivity contribution is -0.136. The van der Waals surface area contributed by atoms with Crippen LogP contribution in [0.3, 0.4) is 0 Å². The molecule has 1 heterocycles. The number of benzene rings is 2. The lowest BCUT2D eigenvalue weighted by atomic mass is 9.99. The summed E-state index contributed by atoms with van der Waals surface area (Å²) in [5.41, 5.74) is 2.03. The number of hydrogen-bond donors (Lipinski definition) is 2. The molecule has 2 N–H and O–H groups in total. The fraction of sp³-hybridized carbons (Fsp3) is 0.0500. The van der Waals surface area contributed by atoms with E-state index in [1.54, 1.807) is 12.1 Å². The molecule has 0 aliphatic carbocycles. The van der Waals surface area contributed by atoms with Gasteiger partial charge >= 0.3 is 11.8 Å². The van der Waals surface area contributed by atoms with Gasteiger partial charge in [-0.05, 0) is 23.3 Å². The molecule has 0 spiro atoms. The van der Waals surface area contributed by atoms with Crippen LogP contribution in [0, 0.1) is 0 Å². The maximum Gasteiger partial charge on any atom is 0.313 e. The van der Waals surface area contributed by atoms with Crippen LogP contribution in [0.2, 0.25) is 5.15 Å². The monoisotopic (exact) mass is 365 g/mol. The van der Waals surface area contributed by atoms with Gasteiger partial charge in [-0.2, -0.15) is 0 Å². The van der Waals surface area contributed by atoms with E-state index in [4.69, 9.17) is 11.6 Å². The molecular formula is C20H16ClN3O2. The standard InChI is InChI=1S/C20H16ClN3O2/c21-18-16(12-7-13-22-18)23-19(25)20(26)24-17(14-8-3-1-4-9-14)15-10-5-2-6-11-15/h1-13,17H,(H,23,25)(H,24,26). The van der Waals surface area contributed by atoms with E-state index in [1.807, 2.05) is 60.7 Å². The first-order valence-corrected chi connectivity index (χ1v) is 8.35. The van der Waals surface area contributed by atoms with Crippen LogP contribution < -0.4 is 10.6 Å². The fourth-order valence-electron chi connectivity index (χ4n) is 2.51. The third-order valence-corrected chi connectivity index (χ3v) is 4.06. The van der Waals surface area contributed by atoms with E-state index < -0.39 is 17.9 Å². The number of hydrogen-bond acceptors (Lipinski definition) is 3. The van der Waals surface area contributed by atoms with Crippen molar-refractivity contribution >= 4 is 29.1 Å². The van der Waals surface area contributed by atoms with Gasteiger partial charge in [0.15, 0.2) is 5.15 Å². The number of anilines is 1. The number of carbonyl (C=O) groups is 2. The first-order valence-electron chi connectivity index (χ1n) is 7.97. The average molecular weight is 366 g/mol. The van der Waals surface area contributed by atoms with Crippen LogP contribution in [-0.4, -0.2) is 16.8 Å². The summed E-state index contributed by atoms with van der Waals surface area (Å²) in [6, 6.07) is 21.7. The van der Waals surface area contributed by atoms with Crippen LogP contribution >= 0.6 is 11.6 Å². The third-order valence-electron chi connectivity index (χ3n) is 3.75. The van der Waals surface area contributed by atoms with E-state index in [1.165, 1.54) is 6.20 Å². The molecule has 0 atom stereocenters. The summed E-state index contributed by atoms with van der Waals surface area (Å²) < 4.78 is 0. The first-order chi connectivity index (χ1) is 12.6. The molecule has 26 heavy (non-hydrogen) atoms. The van der Waals surface area contributed by atoms with Crippen LogP contribution in [0.1, 0.15) is 17.2 Å². The molecule has 0 fully saturated rings. The second kappa shape index (κ2) is 8.27. The Morgan fingerprint density at radius 3 is 1.92 bits per heavy atom. The number of rotatable bonds is 4. The summed E-state index contributed by atoms with van der Waals surface area (Å²) >= 11 is 5.91. The van der Waals surface area contributed by atoms with E-state index in [0.29, 0.717) is 0 Å². The fourth-order valence-corrected chi connectivity index (χ4v) is 2.67. The number of halogens is 1. The molecular weight excluding hydrogens is 350 g/mol. The molecule has 0 radical (unpaired) electrons. The van der Waals surface area contributed by atoms with Crippen molar-refractivity contribution in [3.05, 3.63) is 95.3 Å². The van der Waals surface area contributed by atoms with Gasteiger partial charge in [0.25, 0.3) is 0 Å². The Bertz CT molecular complexity index is 862. The molecule has 130 valence electrons. The Morgan fingerprint density at radius 2 is 1.38 bits per heavy atom. The van der Waals surface area contributed by atoms with Crippen LogP contribution in [0.25, 0.3) is 0 Å². The van der Waals surface area contributed by atoms with Crippen molar-refractivity contribution < 1.29 is 9.59 Å². The molecule has 2 amide bonds. The molecule has 0 saturated heterocycles. The van der Waals surface area contributed by atoms with Gasteiger partial charge in [-0.25, -0.2) is 4.98 Å². The van der Waals surface area contributed by atoms with E-state index in [-0.39, 0.29) is 10.8 Å². The molecule has 5 nitrogen and oxygen atoms in total. The molecule has 0 saturated carbocycles. The van der Waals surface area contributed by atoms with Crippen molar-refractivity contribution in [2.45, 2.75) is 6.04 Å². The Morgan fingerprint density at radius 1 is 0.808 bits per heavy atom. The maximum absolute atomic E-state index is 12.4. The van der Waals surface area contributed by atoms with Crippen LogP contribution in [0.5, 0.6) is 0 Å². The largest absolute Gasteiger partial charge is 0.337 e. The highest BCUT2D eigenvalue weighted by Crippen LogP contribution is 2.22. The maximum atomic E-state index is 12.4. The number of carbonyl (C=O) groups excluding carboxylic acids is 2. The molecule has 1 aromatic heterocycles. The van der Waals surface area contributed by atoms with Crippen LogP contribution in [0.4, 0.5) is 5.69 Å².